The number of amides is 1. The number of anilines is 1. The molecule has 2 aromatic rings. The largest absolute Gasteiger partial charge is 0.493 e. The summed E-state index contributed by atoms with van der Waals surface area (Å²) in [5.74, 6) is 1.51. The second kappa shape index (κ2) is 7.83. The molecule has 5 heteroatoms. The van der Waals surface area contributed by atoms with Crippen molar-refractivity contribution in [3.8, 4) is 11.5 Å². The van der Waals surface area contributed by atoms with Gasteiger partial charge in [0.1, 0.15) is 0 Å². The summed E-state index contributed by atoms with van der Waals surface area (Å²) in [6.45, 7) is 2.74. The summed E-state index contributed by atoms with van der Waals surface area (Å²) in [4.78, 5) is 15.9. The van der Waals surface area contributed by atoms with Crippen molar-refractivity contribution in [1.29, 1.82) is 0 Å². The Kier molecular flexibility index (Phi) is 5.53. The van der Waals surface area contributed by atoms with E-state index in [0.29, 0.717) is 11.5 Å². The van der Waals surface area contributed by atoms with Gasteiger partial charge in [-0.25, -0.2) is 0 Å². The maximum atomic E-state index is 13.0. The first-order valence-corrected chi connectivity index (χ1v) is 9.30. The van der Waals surface area contributed by atoms with Crippen LogP contribution in [-0.2, 0) is 11.2 Å². The third-order valence-corrected chi connectivity index (χ3v) is 5.47. The zero-order valence-corrected chi connectivity index (χ0v) is 15.6. The van der Waals surface area contributed by atoms with Crippen LogP contribution in [0.3, 0.4) is 0 Å². The van der Waals surface area contributed by atoms with Crippen molar-refractivity contribution in [3.05, 3.63) is 48.0 Å². The smallest absolute Gasteiger partial charge is 0.240 e. The van der Waals surface area contributed by atoms with E-state index in [1.54, 1.807) is 26.0 Å². The van der Waals surface area contributed by atoms with Crippen LogP contribution in [0.1, 0.15) is 18.9 Å². The van der Waals surface area contributed by atoms with Gasteiger partial charge in [0.05, 0.1) is 19.5 Å². The molecule has 3 rings (SSSR count). The lowest BCUT2D eigenvalue weighted by molar-refractivity contribution is -0.117. The molecule has 0 spiro atoms. The molecule has 1 heterocycles. The Morgan fingerprint density at radius 3 is 2.64 bits per heavy atom. The topological polar surface area (TPSA) is 38.8 Å². The van der Waals surface area contributed by atoms with Crippen LogP contribution in [0.15, 0.2) is 47.4 Å². The molecule has 0 radical (unpaired) electrons. The van der Waals surface area contributed by atoms with Crippen molar-refractivity contribution in [2.45, 2.75) is 29.9 Å². The summed E-state index contributed by atoms with van der Waals surface area (Å²) < 4.78 is 10.6. The van der Waals surface area contributed by atoms with Crippen LogP contribution in [0.2, 0.25) is 0 Å². The Morgan fingerprint density at radius 1 is 1.12 bits per heavy atom. The van der Waals surface area contributed by atoms with Crippen LogP contribution in [0.25, 0.3) is 0 Å². The standard InChI is InChI=1S/C20H23NO3S/c1-14(25-16-10-11-18(23-2)19(13-16)24-3)20(22)21-12-6-8-15-7-4-5-9-17(15)21/h4-5,7,9-11,13-14H,6,8,12H2,1-3H3/t14-/m1/s1. The SMILES string of the molecule is COc1ccc(S[C@H](C)C(=O)N2CCCc3ccccc32)cc1OC. The Hall–Kier alpha value is -2.14. The molecule has 0 bridgehead atoms. The Morgan fingerprint density at radius 2 is 1.88 bits per heavy atom. The van der Waals surface area contributed by atoms with Gasteiger partial charge in [0.2, 0.25) is 5.91 Å². The van der Waals surface area contributed by atoms with Crippen LogP contribution in [-0.4, -0.2) is 31.9 Å². The van der Waals surface area contributed by atoms with E-state index in [4.69, 9.17) is 9.47 Å². The molecule has 1 atom stereocenters. The molecule has 25 heavy (non-hydrogen) atoms. The normalized spacial score (nSPS) is 14.6. The molecule has 1 amide bonds. The third-order valence-electron chi connectivity index (χ3n) is 4.39. The number of hydrogen-bond acceptors (Lipinski definition) is 4. The van der Waals surface area contributed by atoms with Crippen molar-refractivity contribution in [1.82, 2.24) is 0 Å². The lowest BCUT2D eigenvalue weighted by Crippen LogP contribution is -2.40. The van der Waals surface area contributed by atoms with Crippen LogP contribution in [0.5, 0.6) is 11.5 Å². The van der Waals surface area contributed by atoms with E-state index in [2.05, 4.69) is 6.07 Å². The summed E-state index contributed by atoms with van der Waals surface area (Å²) in [5, 5.41) is -0.177. The number of thioether (sulfide) groups is 1. The fourth-order valence-corrected chi connectivity index (χ4v) is 4.08. The van der Waals surface area contributed by atoms with Crippen LogP contribution < -0.4 is 14.4 Å². The van der Waals surface area contributed by atoms with Crippen molar-refractivity contribution in [3.63, 3.8) is 0 Å². The minimum absolute atomic E-state index is 0.145. The van der Waals surface area contributed by atoms with Gasteiger partial charge in [-0.3, -0.25) is 4.79 Å². The Labute approximate surface area is 153 Å². The first kappa shape index (κ1) is 17.7. The molecule has 0 N–H and O–H groups in total. The Balaban J connectivity index is 1.76. The summed E-state index contributed by atoms with van der Waals surface area (Å²) in [7, 11) is 3.23. The highest BCUT2D eigenvalue weighted by atomic mass is 32.2. The van der Waals surface area contributed by atoms with Crippen molar-refractivity contribution >= 4 is 23.4 Å². The summed E-state index contributed by atoms with van der Waals surface area (Å²) in [5.41, 5.74) is 2.31. The van der Waals surface area contributed by atoms with Crippen molar-refractivity contribution in [2.24, 2.45) is 0 Å². The lowest BCUT2D eigenvalue weighted by Gasteiger charge is -2.31. The van der Waals surface area contributed by atoms with E-state index in [1.807, 2.05) is 48.2 Å². The summed E-state index contributed by atoms with van der Waals surface area (Å²) in [6, 6.07) is 13.9. The average molecular weight is 357 g/mol. The van der Waals surface area contributed by atoms with E-state index in [0.717, 1.165) is 30.0 Å². The van der Waals surface area contributed by atoms with Gasteiger partial charge in [0.25, 0.3) is 0 Å². The van der Waals surface area contributed by atoms with Crippen molar-refractivity contribution in [2.75, 3.05) is 25.7 Å². The van der Waals surface area contributed by atoms with Crippen LogP contribution in [0.4, 0.5) is 5.69 Å². The number of para-hydroxylation sites is 1. The second-order valence-corrected chi connectivity index (χ2v) is 7.41. The maximum Gasteiger partial charge on any atom is 0.240 e. The molecule has 0 saturated heterocycles. The second-order valence-electron chi connectivity index (χ2n) is 6.00. The van der Waals surface area contributed by atoms with E-state index in [-0.39, 0.29) is 11.2 Å². The fraction of sp³-hybridized carbons (Fsp3) is 0.350. The maximum absolute atomic E-state index is 13.0. The van der Waals surface area contributed by atoms with Gasteiger partial charge < -0.3 is 14.4 Å². The number of aryl methyl sites for hydroxylation is 1. The van der Waals surface area contributed by atoms with Gasteiger partial charge in [0, 0.05) is 17.1 Å². The molecule has 0 unspecified atom stereocenters. The highest BCUT2D eigenvalue weighted by molar-refractivity contribution is 8.00. The summed E-state index contributed by atoms with van der Waals surface area (Å²) >= 11 is 1.54. The monoisotopic (exact) mass is 357 g/mol. The number of nitrogens with zero attached hydrogens (tertiary/aromatic N) is 1. The van der Waals surface area contributed by atoms with Gasteiger partial charge >= 0.3 is 0 Å². The molecule has 0 saturated carbocycles. The predicted octanol–water partition coefficient (Wildman–Crippen LogP) is 4.16. The van der Waals surface area contributed by atoms with Crippen LogP contribution in [0, 0.1) is 0 Å². The van der Waals surface area contributed by atoms with Gasteiger partial charge in [-0.15, -0.1) is 11.8 Å². The average Bonchev–Trinajstić information content (AvgIpc) is 2.66. The first-order valence-electron chi connectivity index (χ1n) is 8.42. The highest BCUT2D eigenvalue weighted by Crippen LogP contribution is 2.35. The number of methoxy groups -OCH3 is 2. The number of carbonyl (C=O) groups is 1. The third kappa shape index (κ3) is 3.76. The molecule has 0 fully saturated rings. The minimum atomic E-state index is -0.177. The number of fused-ring (bicyclic) bond motifs is 1. The lowest BCUT2D eigenvalue weighted by atomic mass is 10.0. The van der Waals surface area contributed by atoms with Crippen molar-refractivity contribution < 1.29 is 14.3 Å². The molecule has 132 valence electrons. The zero-order chi connectivity index (χ0) is 17.8. The predicted molar refractivity (Wildman–Crippen MR) is 102 cm³/mol. The van der Waals surface area contributed by atoms with Gasteiger partial charge in [0.15, 0.2) is 11.5 Å². The number of benzene rings is 2. The van der Waals surface area contributed by atoms with Gasteiger partial charge in [-0.2, -0.15) is 0 Å². The Bertz CT molecular complexity index is 762. The molecule has 4 nitrogen and oxygen atoms in total. The molecular weight excluding hydrogens is 334 g/mol. The van der Waals surface area contributed by atoms with Gasteiger partial charge in [-0.05, 0) is 49.6 Å². The zero-order valence-electron chi connectivity index (χ0n) is 14.8. The van der Waals surface area contributed by atoms with E-state index in [1.165, 1.54) is 5.56 Å². The highest BCUT2D eigenvalue weighted by Gasteiger charge is 2.26. The number of hydrogen-bond donors (Lipinski definition) is 0. The molecular formula is C20H23NO3S. The molecule has 0 aliphatic carbocycles. The fourth-order valence-electron chi connectivity index (χ4n) is 3.13. The van der Waals surface area contributed by atoms with E-state index >= 15 is 0 Å². The van der Waals surface area contributed by atoms with Gasteiger partial charge in [-0.1, -0.05) is 18.2 Å². The molecule has 1 aliphatic rings. The van der Waals surface area contributed by atoms with E-state index < -0.39 is 0 Å². The molecule has 1 aliphatic heterocycles. The number of rotatable bonds is 5. The number of ether oxygens (including phenoxy) is 2. The quantitative estimate of drug-likeness (QED) is 0.753. The first-order chi connectivity index (χ1) is 12.1. The molecule has 2 aromatic carbocycles. The summed E-state index contributed by atoms with van der Waals surface area (Å²) in [6.07, 6.45) is 2.05. The van der Waals surface area contributed by atoms with E-state index in [9.17, 15) is 4.79 Å². The minimum Gasteiger partial charge on any atom is -0.493 e. The van der Waals surface area contributed by atoms with Crippen LogP contribution >= 0.6 is 11.8 Å². The molecule has 0 aromatic heterocycles. The number of carbonyl (C=O) groups excluding carboxylic acids is 1.